The number of nitrogens with two attached hydrogens (primary N) is 1. The summed E-state index contributed by atoms with van der Waals surface area (Å²) >= 11 is 0. The molecular weight excluding hydrogens is 250 g/mol. The van der Waals surface area contributed by atoms with Gasteiger partial charge in [0.2, 0.25) is 5.88 Å². The van der Waals surface area contributed by atoms with Crippen LogP contribution in [0.5, 0.6) is 5.88 Å². The molecule has 2 N–H and O–H groups in total. The highest BCUT2D eigenvalue weighted by atomic mass is 16.5. The summed E-state index contributed by atoms with van der Waals surface area (Å²) in [6, 6.07) is 1.86. The molecule has 4 aliphatic carbocycles. The van der Waals surface area contributed by atoms with Crippen LogP contribution in [0.25, 0.3) is 0 Å². The number of hydrogen-bond acceptors (Lipinski definition) is 4. The summed E-state index contributed by atoms with van der Waals surface area (Å²) in [4.78, 5) is 9.39. The third-order valence-corrected chi connectivity index (χ3v) is 5.72. The summed E-state index contributed by atoms with van der Waals surface area (Å²) in [5.74, 6) is 5.76. The standard InChI is InChI=1S/C16H23N3O/c1-20-14-7-13(8-17)18-16(19-14)15-11-3-9-2-10(5-11)6-12(15)4-9/h7,9-12,15H,2-6,8,17H2,1H3. The molecule has 4 aliphatic rings. The van der Waals surface area contributed by atoms with E-state index in [4.69, 9.17) is 15.5 Å². The number of nitrogens with zero attached hydrogens (tertiary/aromatic N) is 2. The topological polar surface area (TPSA) is 61.0 Å². The molecule has 108 valence electrons. The molecule has 4 bridgehead atoms. The lowest BCUT2D eigenvalue weighted by Crippen LogP contribution is -2.44. The van der Waals surface area contributed by atoms with Gasteiger partial charge in [-0.3, -0.25) is 0 Å². The van der Waals surface area contributed by atoms with E-state index in [0.717, 1.165) is 35.2 Å². The van der Waals surface area contributed by atoms with Crippen molar-refractivity contribution in [2.45, 2.75) is 44.6 Å². The van der Waals surface area contributed by atoms with Crippen molar-refractivity contribution in [3.05, 3.63) is 17.6 Å². The Morgan fingerprint density at radius 3 is 2.30 bits per heavy atom. The first-order chi connectivity index (χ1) is 9.76. The summed E-state index contributed by atoms with van der Waals surface area (Å²) in [5, 5.41) is 0. The molecule has 0 atom stereocenters. The molecule has 0 aliphatic heterocycles. The number of hydrogen-bond donors (Lipinski definition) is 1. The Balaban J connectivity index is 1.70. The maximum absolute atomic E-state index is 5.77. The lowest BCUT2D eigenvalue weighted by Gasteiger charge is -2.53. The van der Waals surface area contributed by atoms with E-state index < -0.39 is 0 Å². The molecule has 20 heavy (non-hydrogen) atoms. The third-order valence-electron chi connectivity index (χ3n) is 5.72. The first kappa shape index (κ1) is 12.6. The van der Waals surface area contributed by atoms with Crippen LogP contribution >= 0.6 is 0 Å². The zero-order valence-corrected chi connectivity index (χ0v) is 12.1. The first-order valence-electron chi connectivity index (χ1n) is 7.88. The van der Waals surface area contributed by atoms with E-state index >= 15 is 0 Å². The van der Waals surface area contributed by atoms with Gasteiger partial charge in [0.25, 0.3) is 0 Å². The van der Waals surface area contributed by atoms with Crippen LogP contribution in [-0.2, 0) is 6.54 Å². The highest BCUT2D eigenvalue weighted by Gasteiger charge is 2.49. The van der Waals surface area contributed by atoms with E-state index in [0.29, 0.717) is 18.3 Å². The number of rotatable bonds is 3. The molecule has 0 aromatic carbocycles. The molecule has 0 saturated heterocycles. The van der Waals surface area contributed by atoms with Crippen LogP contribution in [0.1, 0.15) is 49.5 Å². The van der Waals surface area contributed by atoms with E-state index in [2.05, 4.69) is 4.98 Å². The Morgan fingerprint density at radius 2 is 1.75 bits per heavy atom. The fourth-order valence-electron chi connectivity index (χ4n) is 5.20. The monoisotopic (exact) mass is 273 g/mol. The summed E-state index contributed by atoms with van der Waals surface area (Å²) in [6.07, 6.45) is 7.02. The number of ether oxygens (including phenoxy) is 1. The molecule has 4 fully saturated rings. The molecule has 0 unspecified atom stereocenters. The van der Waals surface area contributed by atoms with Gasteiger partial charge in [-0.15, -0.1) is 0 Å². The average Bonchev–Trinajstić information content (AvgIpc) is 2.45. The van der Waals surface area contributed by atoms with Crippen molar-refractivity contribution in [2.24, 2.45) is 29.4 Å². The molecule has 4 heteroatoms. The van der Waals surface area contributed by atoms with Crippen molar-refractivity contribution >= 4 is 0 Å². The Morgan fingerprint density at radius 1 is 1.10 bits per heavy atom. The SMILES string of the molecule is COc1cc(CN)nc(C2C3CC4CC(C3)CC2C4)n1. The largest absolute Gasteiger partial charge is 0.481 e. The van der Waals surface area contributed by atoms with Crippen molar-refractivity contribution in [3.63, 3.8) is 0 Å². The van der Waals surface area contributed by atoms with Gasteiger partial charge in [-0.05, 0) is 55.8 Å². The Labute approximate surface area is 120 Å². The minimum Gasteiger partial charge on any atom is -0.481 e. The van der Waals surface area contributed by atoms with E-state index in [9.17, 15) is 0 Å². The molecule has 0 amide bonds. The second kappa shape index (κ2) is 4.69. The fraction of sp³-hybridized carbons (Fsp3) is 0.750. The van der Waals surface area contributed by atoms with Crippen LogP contribution in [0.2, 0.25) is 0 Å². The molecule has 0 radical (unpaired) electrons. The fourth-order valence-corrected chi connectivity index (χ4v) is 5.20. The number of aromatic nitrogens is 2. The van der Waals surface area contributed by atoms with E-state index in [-0.39, 0.29) is 0 Å². The van der Waals surface area contributed by atoms with Crippen molar-refractivity contribution in [1.29, 1.82) is 0 Å². The van der Waals surface area contributed by atoms with Gasteiger partial charge in [0, 0.05) is 18.5 Å². The second-order valence-electron chi connectivity index (χ2n) is 6.92. The van der Waals surface area contributed by atoms with Gasteiger partial charge >= 0.3 is 0 Å². The van der Waals surface area contributed by atoms with Crippen molar-refractivity contribution < 1.29 is 4.74 Å². The molecule has 5 rings (SSSR count). The van der Waals surface area contributed by atoms with Crippen LogP contribution in [0.15, 0.2) is 6.07 Å². The first-order valence-corrected chi connectivity index (χ1v) is 7.88. The summed E-state index contributed by atoms with van der Waals surface area (Å²) in [6.45, 7) is 0.458. The van der Waals surface area contributed by atoms with E-state index in [1.165, 1.54) is 32.1 Å². The predicted octanol–water partition coefficient (Wildman–Crippen LogP) is 2.48. The Kier molecular flexibility index (Phi) is 2.95. The van der Waals surface area contributed by atoms with Gasteiger partial charge in [0.15, 0.2) is 0 Å². The van der Waals surface area contributed by atoms with Gasteiger partial charge in [-0.1, -0.05) is 0 Å². The number of methoxy groups -OCH3 is 1. The lowest BCUT2D eigenvalue weighted by atomic mass is 9.51. The van der Waals surface area contributed by atoms with Gasteiger partial charge in [-0.25, -0.2) is 4.98 Å². The van der Waals surface area contributed by atoms with Gasteiger partial charge in [0.1, 0.15) is 5.82 Å². The Hall–Kier alpha value is -1.16. The molecular formula is C16H23N3O. The smallest absolute Gasteiger partial charge is 0.216 e. The van der Waals surface area contributed by atoms with Crippen LogP contribution < -0.4 is 10.5 Å². The van der Waals surface area contributed by atoms with Crippen molar-refractivity contribution in [2.75, 3.05) is 7.11 Å². The molecule has 4 nitrogen and oxygen atoms in total. The maximum Gasteiger partial charge on any atom is 0.216 e. The normalized spacial score (nSPS) is 38.2. The summed E-state index contributed by atoms with van der Waals surface area (Å²) in [7, 11) is 1.67. The van der Waals surface area contributed by atoms with Gasteiger partial charge < -0.3 is 10.5 Å². The lowest BCUT2D eigenvalue weighted by molar-refractivity contribution is -0.00587. The zero-order chi connectivity index (χ0) is 13.7. The quantitative estimate of drug-likeness (QED) is 0.919. The van der Waals surface area contributed by atoms with E-state index in [1.54, 1.807) is 7.11 Å². The predicted molar refractivity (Wildman–Crippen MR) is 76.3 cm³/mol. The minimum absolute atomic E-state index is 0.458. The zero-order valence-electron chi connectivity index (χ0n) is 12.1. The highest BCUT2D eigenvalue weighted by Crippen LogP contribution is 2.59. The molecule has 1 aromatic heterocycles. The van der Waals surface area contributed by atoms with E-state index in [1.807, 2.05) is 6.07 Å². The van der Waals surface area contributed by atoms with Crippen LogP contribution in [0.3, 0.4) is 0 Å². The average molecular weight is 273 g/mol. The molecule has 1 aromatic rings. The minimum atomic E-state index is 0.458. The highest BCUT2D eigenvalue weighted by molar-refractivity contribution is 5.20. The Bertz CT molecular complexity index is 466. The van der Waals surface area contributed by atoms with Crippen LogP contribution in [0.4, 0.5) is 0 Å². The van der Waals surface area contributed by atoms with Crippen LogP contribution in [0, 0.1) is 23.7 Å². The molecule has 0 spiro atoms. The molecule has 1 heterocycles. The maximum atomic E-state index is 5.77. The van der Waals surface area contributed by atoms with Gasteiger partial charge in [0.05, 0.1) is 12.8 Å². The second-order valence-corrected chi connectivity index (χ2v) is 6.92. The summed E-state index contributed by atoms with van der Waals surface area (Å²) < 4.78 is 5.33. The van der Waals surface area contributed by atoms with Gasteiger partial charge in [-0.2, -0.15) is 4.98 Å². The van der Waals surface area contributed by atoms with Crippen LogP contribution in [-0.4, -0.2) is 17.1 Å². The summed E-state index contributed by atoms with van der Waals surface area (Å²) in [5.41, 5.74) is 6.67. The van der Waals surface area contributed by atoms with Crippen molar-refractivity contribution in [1.82, 2.24) is 9.97 Å². The third kappa shape index (κ3) is 1.93. The van der Waals surface area contributed by atoms with Crippen molar-refractivity contribution in [3.8, 4) is 5.88 Å². The molecule has 4 saturated carbocycles.